The summed E-state index contributed by atoms with van der Waals surface area (Å²) in [7, 11) is 1.29. The molecule has 0 saturated carbocycles. The molecule has 2 heterocycles. The van der Waals surface area contributed by atoms with Gasteiger partial charge in [-0.2, -0.15) is 0 Å². The summed E-state index contributed by atoms with van der Waals surface area (Å²) in [5, 5.41) is 9.72. The maximum Gasteiger partial charge on any atom is 0.586 e. The molecule has 2 aliphatic rings. The molecule has 2 aliphatic heterocycles. The fourth-order valence-corrected chi connectivity index (χ4v) is 2.76. The number of hydrogen-bond donors (Lipinski definition) is 1. The Labute approximate surface area is 125 Å². The zero-order valence-electron chi connectivity index (χ0n) is 11.8. The first kappa shape index (κ1) is 15.0. The highest BCUT2D eigenvalue weighted by atomic mass is 19.3. The van der Waals surface area contributed by atoms with Crippen LogP contribution in [0.2, 0.25) is 0 Å². The van der Waals surface area contributed by atoms with E-state index >= 15 is 0 Å². The summed E-state index contributed by atoms with van der Waals surface area (Å²) in [5.41, 5.74) is 0.669. The third-order valence-electron chi connectivity index (χ3n) is 3.71. The number of carbonyl (C=O) groups excluding carboxylic acids is 1. The lowest BCUT2D eigenvalue weighted by Crippen LogP contribution is -2.36. The number of aliphatic hydroxyl groups excluding tert-OH is 1. The minimum Gasteiger partial charge on any atom is -0.468 e. The van der Waals surface area contributed by atoms with Crippen LogP contribution in [0, 0.1) is 0 Å². The van der Waals surface area contributed by atoms with Gasteiger partial charge in [0, 0.05) is 19.5 Å². The number of alkyl halides is 2. The molecule has 0 radical (unpaired) electrons. The molecule has 0 aromatic heterocycles. The maximum absolute atomic E-state index is 13.0. The smallest absolute Gasteiger partial charge is 0.468 e. The average molecular weight is 315 g/mol. The van der Waals surface area contributed by atoms with E-state index in [-0.39, 0.29) is 17.9 Å². The normalized spacial score (nSPS) is 26.2. The van der Waals surface area contributed by atoms with Crippen LogP contribution in [-0.4, -0.2) is 48.1 Å². The van der Waals surface area contributed by atoms with Crippen LogP contribution >= 0.6 is 0 Å². The summed E-state index contributed by atoms with van der Waals surface area (Å²) in [6.45, 7) is 0.614. The van der Waals surface area contributed by atoms with Gasteiger partial charge in [0.1, 0.15) is 6.04 Å². The number of esters is 1. The Morgan fingerprint density at radius 2 is 2.18 bits per heavy atom. The van der Waals surface area contributed by atoms with Crippen LogP contribution in [0.5, 0.6) is 11.5 Å². The minimum atomic E-state index is -3.65. The van der Waals surface area contributed by atoms with E-state index in [9.17, 15) is 18.7 Å². The second kappa shape index (κ2) is 5.36. The van der Waals surface area contributed by atoms with Crippen molar-refractivity contribution >= 4 is 5.97 Å². The third-order valence-corrected chi connectivity index (χ3v) is 3.71. The van der Waals surface area contributed by atoms with Gasteiger partial charge in [-0.1, -0.05) is 6.07 Å². The monoisotopic (exact) mass is 315 g/mol. The molecule has 0 aliphatic carbocycles. The number of methoxy groups -OCH3 is 1. The van der Waals surface area contributed by atoms with E-state index in [4.69, 9.17) is 4.74 Å². The van der Waals surface area contributed by atoms with Crippen molar-refractivity contribution in [2.75, 3.05) is 13.7 Å². The predicted octanol–water partition coefficient (Wildman–Crippen LogP) is 1.12. The van der Waals surface area contributed by atoms with Crippen molar-refractivity contribution in [2.24, 2.45) is 0 Å². The molecular weight excluding hydrogens is 300 g/mol. The Morgan fingerprint density at radius 1 is 1.45 bits per heavy atom. The molecule has 8 heteroatoms. The number of halogens is 2. The maximum atomic E-state index is 13.0. The molecule has 120 valence electrons. The quantitative estimate of drug-likeness (QED) is 0.843. The highest BCUT2D eigenvalue weighted by Crippen LogP contribution is 2.41. The zero-order valence-corrected chi connectivity index (χ0v) is 11.8. The number of benzene rings is 1. The van der Waals surface area contributed by atoms with E-state index in [1.165, 1.54) is 19.2 Å². The van der Waals surface area contributed by atoms with Crippen molar-refractivity contribution in [1.82, 2.24) is 4.90 Å². The lowest BCUT2D eigenvalue weighted by molar-refractivity contribution is -0.286. The number of hydrogen-bond acceptors (Lipinski definition) is 6. The summed E-state index contributed by atoms with van der Waals surface area (Å²) in [5.74, 6) is -0.500. The van der Waals surface area contributed by atoms with Gasteiger partial charge in [0.15, 0.2) is 11.5 Å². The van der Waals surface area contributed by atoms with Crippen LogP contribution in [-0.2, 0) is 16.1 Å². The van der Waals surface area contributed by atoms with Crippen molar-refractivity contribution < 1.29 is 32.9 Å². The Kier molecular flexibility index (Phi) is 3.65. The Hall–Kier alpha value is -1.93. The molecule has 22 heavy (non-hydrogen) atoms. The van der Waals surface area contributed by atoms with Gasteiger partial charge in [-0.05, 0) is 17.7 Å². The lowest BCUT2D eigenvalue weighted by Gasteiger charge is -2.22. The predicted molar refractivity (Wildman–Crippen MR) is 69.5 cm³/mol. The van der Waals surface area contributed by atoms with Crippen LogP contribution in [0.4, 0.5) is 8.78 Å². The first-order valence-corrected chi connectivity index (χ1v) is 6.76. The van der Waals surface area contributed by atoms with Gasteiger partial charge in [0.05, 0.1) is 13.2 Å². The van der Waals surface area contributed by atoms with Crippen LogP contribution in [0.15, 0.2) is 18.2 Å². The van der Waals surface area contributed by atoms with Crippen molar-refractivity contribution in [1.29, 1.82) is 0 Å². The number of likely N-dealkylation sites (tertiary alicyclic amines) is 1. The van der Waals surface area contributed by atoms with Crippen molar-refractivity contribution in [3.8, 4) is 11.5 Å². The molecule has 1 aromatic carbocycles. The molecular formula is C14H15F2NO5. The number of rotatable bonds is 3. The first-order chi connectivity index (χ1) is 10.4. The van der Waals surface area contributed by atoms with Crippen molar-refractivity contribution in [3.63, 3.8) is 0 Å². The average Bonchev–Trinajstić information content (AvgIpc) is 2.95. The molecule has 2 atom stereocenters. The highest BCUT2D eigenvalue weighted by molar-refractivity contribution is 5.76. The summed E-state index contributed by atoms with van der Waals surface area (Å²) >= 11 is 0. The fourth-order valence-electron chi connectivity index (χ4n) is 2.76. The van der Waals surface area contributed by atoms with E-state index in [0.717, 1.165) is 0 Å². The first-order valence-electron chi connectivity index (χ1n) is 6.76. The van der Waals surface area contributed by atoms with Gasteiger partial charge in [0.25, 0.3) is 0 Å². The van der Waals surface area contributed by atoms with Crippen LogP contribution in [0.1, 0.15) is 12.0 Å². The van der Waals surface area contributed by atoms with Crippen molar-refractivity contribution in [3.05, 3.63) is 23.8 Å². The number of fused-ring (bicyclic) bond motifs is 1. The van der Waals surface area contributed by atoms with E-state index in [1.807, 2.05) is 0 Å². The standard InChI is InChI=1S/C14H15F2NO5/c1-20-13(19)10-5-9(18)7-17(10)6-8-2-3-11-12(4-8)22-14(15,16)21-11/h2-4,9-10,18H,5-7H2,1H3/t9-,10+/m1/s1. The number of nitrogens with zero attached hydrogens (tertiary/aromatic N) is 1. The molecule has 0 spiro atoms. The van der Waals surface area contributed by atoms with E-state index in [2.05, 4.69) is 9.47 Å². The second-order valence-electron chi connectivity index (χ2n) is 5.31. The summed E-state index contributed by atoms with van der Waals surface area (Å²) < 4.78 is 39.4. The summed E-state index contributed by atoms with van der Waals surface area (Å²) in [6, 6.07) is 3.90. The minimum absolute atomic E-state index is 0.0280. The van der Waals surface area contributed by atoms with Gasteiger partial charge in [-0.15, -0.1) is 8.78 Å². The second-order valence-corrected chi connectivity index (χ2v) is 5.31. The van der Waals surface area contributed by atoms with Crippen LogP contribution < -0.4 is 9.47 Å². The van der Waals surface area contributed by atoms with Gasteiger partial charge in [-0.25, -0.2) is 0 Å². The Balaban J connectivity index is 1.75. The SMILES string of the molecule is COC(=O)[C@@H]1C[C@@H](O)CN1Cc1ccc2c(c1)OC(F)(F)O2. The Morgan fingerprint density at radius 3 is 2.91 bits per heavy atom. The molecule has 6 nitrogen and oxygen atoms in total. The largest absolute Gasteiger partial charge is 0.586 e. The topological polar surface area (TPSA) is 68.2 Å². The summed E-state index contributed by atoms with van der Waals surface area (Å²) in [4.78, 5) is 13.5. The van der Waals surface area contributed by atoms with E-state index in [0.29, 0.717) is 18.7 Å². The lowest BCUT2D eigenvalue weighted by atomic mass is 10.1. The number of carbonyl (C=O) groups is 1. The fraction of sp³-hybridized carbons (Fsp3) is 0.500. The van der Waals surface area contributed by atoms with E-state index < -0.39 is 24.4 Å². The van der Waals surface area contributed by atoms with Gasteiger partial charge >= 0.3 is 12.3 Å². The number of β-amino-alcohol motifs (C(OH)–C–C–N with tert-alkyl or cyclic N) is 1. The third kappa shape index (κ3) is 2.84. The van der Waals surface area contributed by atoms with Gasteiger partial charge in [-0.3, -0.25) is 9.69 Å². The summed E-state index contributed by atoms with van der Waals surface area (Å²) in [6.07, 6.45) is -3.99. The molecule has 3 rings (SSSR count). The van der Waals surface area contributed by atoms with Gasteiger partial charge < -0.3 is 19.3 Å². The number of ether oxygens (including phenoxy) is 3. The molecule has 1 N–H and O–H groups in total. The van der Waals surface area contributed by atoms with E-state index in [1.54, 1.807) is 11.0 Å². The molecule has 1 aromatic rings. The van der Waals surface area contributed by atoms with Crippen molar-refractivity contribution in [2.45, 2.75) is 31.4 Å². The molecule has 0 bridgehead atoms. The Bertz CT molecular complexity index is 595. The zero-order chi connectivity index (χ0) is 15.9. The van der Waals surface area contributed by atoms with Crippen LogP contribution in [0.3, 0.4) is 0 Å². The molecule has 1 fully saturated rings. The molecule has 0 unspecified atom stereocenters. The number of aliphatic hydroxyl groups is 1. The van der Waals surface area contributed by atoms with Gasteiger partial charge in [0.2, 0.25) is 0 Å². The van der Waals surface area contributed by atoms with Crippen LogP contribution in [0.25, 0.3) is 0 Å². The highest BCUT2D eigenvalue weighted by Gasteiger charge is 2.43. The molecule has 0 amide bonds. The molecule has 1 saturated heterocycles.